The zero-order valence-electron chi connectivity index (χ0n) is 16.9. The van der Waals surface area contributed by atoms with Gasteiger partial charge in [-0.05, 0) is 26.3 Å². The van der Waals surface area contributed by atoms with Gasteiger partial charge < -0.3 is 33.6 Å². The Kier molecular flexibility index (Phi) is 7.02. The summed E-state index contributed by atoms with van der Waals surface area (Å²) in [5.41, 5.74) is 0.914. The summed E-state index contributed by atoms with van der Waals surface area (Å²) in [4.78, 5) is 23.3. The zero-order chi connectivity index (χ0) is 21.0. The Morgan fingerprint density at radius 3 is 2.55 bits per heavy atom. The standard InChI is InChI=1S/C21H28O8/c1-13(22)9-10-16(23)27-19-17(24)18(15-12-26-21(2,3)29-15)28-20(19)25-11-14-7-5-4-6-8-14/h4-8,15,17-20,24H,9-12H2,1-3H3/t15-,17+,18+,19-,20+/m1/s1. The molecular weight excluding hydrogens is 380 g/mol. The lowest BCUT2D eigenvalue weighted by Gasteiger charge is -2.23. The molecule has 2 saturated heterocycles. The number of Topliss-reactive ketones (excluding diaryl/α,β-unsaturated/α-hetero) is 1. The van der Waals surface area contributed by atoms with Crippen molar-refractivity contribution < 1.29 is 38.4 Å². The van der Waals surface area contributed by atoms with Crippen LogP contribution in [0.3, 0.4) is 0 Å². The molecule has 2 aliphatic heterocycles. The maximum absolute atomic E-state index is 12.1. The molecule has 1 N–H and O–H groups in total. The monoisotopic (exact) mass is 408 g/mol. The normalized spacial score (nSPS) is 31.0. The van der Waals surface area contributed by atoms with E-state index in [4.69, 9.17) is 23.7 Å². The van der Waals surface area contributed by atoms with Gasteiger partial charge in [-0.25, -0.2) is 0 Å². The largest absolute Gasteiger partial charge is 0.454 e. The van der Waals surface area contributed by atoms with Crippen molar-refractivity contribution in [1.82, 2.24) is 0 Å². The first kappa shape index (κ1) is 21.9. The van der Waals surface area contributed by atoms with Crippen molar-refractivity contribution in [2.24, 2.45) is 0 Å². The number of aliphatic hydroxyl groups is 1. The van der Waals surface area contributed by atoms with E-state index < -0.39 is 42.5 Å². The van der Waals surface area contributed by atoms with E-state index in [0.29, 0.717) is 0 Å². The average molecular weight is 408 g/mol. The number of ketones is 1. The summed E-state index contributed by atoms with van der Waals surface area (Å²) in [6, 6.07) is 9.46. The Balaban J connectivity index is 1.67. The fourth-order valence-electron chi connectivity index (χ4n) is 3.35. The van der Waals surface area contributed by atoms with Crippen LogP contribution in [0.5, 0.6) is 0 Å². The molecule has 2 aliphatic rings. The molecule has 0 radical (unpaired) electrons. The molecule has 160 valence electrons. The third-order valence-corrected chi connectivity index (χ3v) is 4.84. The molecule has 0 saturated carbocycles. The van der Waals surface area contributed by atoms with E-state index in [1.54, 1.807) is 13.8 Å². The summed E-state index contributed by atoms with van der Waals surface area (Å²) in [5, 5.41) is 10.8. The van der Waals surface area contributed by atoms with E-state index >= 15 is 0 Å². The summed E-state index contributed by atoms with van der Waals surface area (Å²) < 4.78 is 28.5. The lowest BCUT2D eigenvalue weighted by atomic mass is 10.1. The number of carbonyl (C=O) groups is 2. The molecule has 0 unspecified atom stereocenters. The zero-order valence-corrected chi connectivity index (χ0v) is 16.9. The van der Waals surface area contributed by atoms with Crippen LogP contribution in [0.15, 0.2) is 30.3 Å². The number of aliphatic hydroxyl groups excluding tert-OH is 1. The van der Waals surface area contributed by atoms with Crippen molar-refractivity contribution in [2.45, 2.75) is 76.7 Å². The van der Waals surface area contributed by atoms with Gasteiger partial charge in [-0.2, -0.15) is 0 Å². The summed E-state index contributed by atoms with van der Waals surface area (Å²) in [6.07, 6.45) is -4.44. The van der Waals surface area contributed by atoms with Gasteiger partial charge in [-0.15, -0.1) is 0 Å². The van der Waals surface area contributed by atoms with Crippen LogP contribution >= 0.6 is 0 Å². The first-order valence-electron chi connectivity index (χ1n) is 9.75. The Morgan fingerprint density at radius 1 is 1.21 bits per heavy atom. The van der Waals surface area contributed by atoms with Gasteiger partial charge >= 0.3 is 5.97 Å². The lowest BCUT2D eigenvalue weighted by molar-refractivity contribution is -0.204. The highest BCUT2D eigenvalue weighted by atomic mass is 16.8. The van der Waals surface area contributed by atoms with Gasteiger partial charge in [0.2, 0.25) is 0 Å². The summed E-state index contributed by atoms with van der Waals surface area (Å²) in [6.45, 7) is 5.42. The predicted molar refractivity (Wildman–Crippen MR) is 101 cm³/mol. The maximum atomic E-state index is 12.1. The van der Waals surface area contributed by atoms with Crippen LogP contribution in [0.25, 0.3) is 0 Å². The molecule has 0 aliphatic carbocycles. The van der Waals surface area contributed by atoms with E-state index in [2.05, 4.69) is 0 Å². The Labute approximate surface area is 170 Å². The van der Waals surface area contributed by atoms with Crippen molar-refractivity contribution in [3.05, 3.63) is 35.9 Å². The molecule has 0 aromatic heterocycles. The molecule has 2 heterocycles. The summed E-state index contributed by atoms with van der Waals surface area (Å²) in [5.74, 6) is -1.49. The van der Waals surface area contributed by atoms with Crippen molar-refractivity contribution in [3.63, 3.8) is 0 Å². The number of esters is 1. The topological polar surface area (TPSA) is 101 Å². The second-order valence-corrected chi connectivity index (χ2v) is 7.78. The molecular formula is C21H28O8. The Morgan fingerprint density at radius 2 is 1.93 bits per heavy atom. The van der Waals surface area contributed by atoms with Crippen LogP contribution in [-0.4, -0.2) is 60.0 Å². The van der Waals surface area contributed by atoms with Gasteiger partial charge in [-0.3, -0.25) is 4.79 Å². The van der Waals surface area contributed by atoms with Gasteiger partial charge in [-0.1, -0.05) is 30.3 Å². The number of benzene rings is 1. The third kappa shape index (κ3) is 5.83. The van der Waals surface area contributed by atoms with Crippen LogP contribution < -0.4 is 0 Å². The van der Waals surface area contributed by atoms with Crippen LogP contribution in [0, 0.1) is 0 Å². The molecule has 0 spiro atoms. The van der Waals surface area contributed by atoms with Crippen LogP contribution in [0.2, 0.25) is 0 Å². The van der Waals surface area contributed by atoms with Crippen molar-refractivity contribution >= 4 is 11.8 Å². The first-order chi connectivity index (χ1) is 13.7. The number of ether oxygens (including phenoxy) is 5. The molecule has 8 heteroatoms. The number of rotatable bonds is 8. The molecule has 3 rings (SSSR count). The quantitative estimate of drug-likeness (QED) is 0.649. The minimum Gasteiger partial charge on any atom is -0.454 e. The van der Waals surface area contributed by atoms with E-state index in [-0.39, 0.29) is 31.8 Å². The number of hydrogen-bond donors (Lipinski definition) is 1. The molecule has 2 fully saturated rings. The summed E-state index contributed by atoms with van der Waals surface area (Å²) in [7, 11) is 0. The minimum atomic E-state index is -1.15. The van der Waals surface area contributed by atoms with Gasteiger partial charge in [0, 0.05) is 6.42 Å². The lowest BCUT2D eigenvalue weighted by Crippen LogP contribution is -2.42. The molecule has 5 atom stereocenters. The fourth-order valence-corrected chi connectivity index (χ4v) is 3.35. The van der Waals surface area contributed by atoms with E-state index in [0.717, 1.165) is 5.56 Å². The van der Waals surface area contributed by atoms with E-state index in [9.17, 15) is 14.7 Å². The van der Waals surface area contributed by atoms with Crippen LogP contribution in [0.4, 0.5) is 0 Å². The van der Waals surface area contributed by atoms with Gasteiger partial charge in [0.15, 0.2) is 18.2 Å². The smallest absolute Gasteiger partial charge is 0.306 e. The van der Waals surface area contributed by atoms with Crippen molar-refractivity contribution in [1.29, 1.82) is 0 Å². The Hall–Kier alpha value is -1.84. The second-order valence-electron chi connectivity index (χ2n) is 7.78. The molecule has 0 amide bonds. The average Bonchev–Trinajstić information content (AvgIpc) is 3.19. The van der Waals surface area contributed by atoms with Gasteiger partial charge in [0.25, 0.3) is 0 Å². The number of hydrogen-bond acceptors (Lipinski definition) is 8. The highest BCUT2D eigenvalue weighted by molar-refractivity contribution is 5.81. The highest BCUT2D eigenvalue weighted by Crippen LogP contribution is 2.34. The van der Waals surface area contributed by atoms with Crippen LogP contribution in [0.1, 0.15) is 39.2 Å². The Bertz CT molecular complexity index is 704. The molecule has 0 bridgehead atoms. The fraction of sp³-hybridized carbons (Fsp3) is 0.619. The molecule has 29 heavy (non-hydrogen) atoms. The third-order valence-electron chi connectivity index (χ3n) is 4.84. The van der Waals surface area contributed by atoms with Crippen molar-refractivity contribution in [3.8, 4) is 0 Å². The van der Waals surface area contributed by atoms with Gasteiger partial charge in [0.1, 0.15) is 24.1 Å². The molecule has 8 nitrogen and oxygen atoms in total. The first-order valence-corrected chi connectivity index (χ1v) is 9.75. The predicted octanol–water partition coefficient (Wildman–Crippen LogP) is 1.72. The maximum Gasteiger partial charge on any atom is 0.306 e. The second kappa shape index (κ2) is 9.32. The van der Waals surface area contributed by atoms with Crippen molar-refractivity contribution in [2.75, 3.05) is 6.61 Å². The van der Waals surface area contributed by atoms with E-state index in [1.807, 2.05) is 30.3 Å². The SMILES string of the molecule is CC(=O)CCC(=O)O[C@H]1[C@@H](OCc2ccccc2)O[C@@H]([C@H]2COC(C)(C)O2)[C@@H]1O. The number of carbonyl (C=O) groups excluding carboxylic acids is 2. The molecule has 1 aromatic carbocycles. The molecule has 1 aromatic rings. The van der Waals surface area contributed by atoms with E-state index in [1.165, 1.54) is 6.92 Å². The van der Waals surface area contributed by atoms with Gasteiger partial charge in [0.05, 0.1) is 19.6 Å². The summed E-state index contributed by atoms with van der Waals surface area (Å²) >= 11 is 0. The minimum absolute atomic E-state index is 0.0648. The highest BCUT2D eigenvalue weighted by Gasteiger charge is 2.53. The van der Waals surface area contributed by atoms with Crippen LogP contribution in [-0.2, 0) is 39.9 Å².